The van der Waals surface area contributed by atoms with Crippen LogP contribution in [-0.2, 0) is 10.5 Å². The van der Waals surface area contributed by atoms with Crippen molar-refractivity contribution in [1.29, 1.82) is 0 Å². The largest absolute Gasteiger partial charge is 0.484 e. The van der Waals surface area contributed by atoms with E-state index in [1.54, 1.807) is 18.0 Å². The number of furan rings is 1. The van der Waals surface area contributed by atoms with Gasteiger partial charge in [0.1, 0.15) is 11.5 Å². The summed E-state index contributed by atoms with van der Waals surface area (Å²) in [5, 5.41) is 2.84. The van der Waals surface area contributed by atoms with E-state index in [0.717, 1.165) is 28.6 Å². The van der Waals surface area contributed by atoms with Crippen LogP contribution < -0.4 is 10.1 Å². The Bertz CT molecular complexity index is 596. The van der Waals surface area contributed by atoms with Crippen LogP contribution in [0.2, 0.25) is 0 Å². The van der Waals surface area contributed by atoms with Crippen molar-refractivity contribution in [1.82, 2.24) is 5.32 Å². The number of nitrogens with one attached hydrogen (secondary N) is 1. The van der Waals surface area contributed by atoms with Crippen molar-refractivity contribution in [3.63, 3.8) is 0 Å². The monoisotopic (exact) mass is 319 g/mol. The van der Waals surface area contributed by atoms with Gasteiger partial charge >= 0.3 is 0 Å². The lowest BCUT2D eigenvalue weighted by Gasteiger charge is -2.09. The molecule has 22 heavy (non-hydrogen) atoms. The van der Waals surface area contributed by atoms with E-state index in [2.05, 4.69) is 5.32 Å². The first kappa shape index (κ1) is 16.5. The summed E-state index contributed by atoms with van der Waals surface area (Å²) in [7, 11) is 0. The molecular weight excluding hydrogens is 298 g/mol. The number of thioether (sulfide) groups is 1. The van der Waals surface area contributed by atoms with E-state index in [9.17, 15) is 4.79 Å². The number of amides is 1. The fraction of sp³-hybridized carbons (Fsp3) is 0.353. The number of carbonyl (C=O) groups excluding carboxylic acids is 1. The first-order chi connectivity index (χ1) is 10.6. The molecule has 0 radical (unpaired) electrons. The molecule has 4 nitrogen and oxygen atoms in total. The standard InChI is InChI=1S/C17H21NO3S/c1-13-5-6-15(10-14(13)2)21-11-17(19)18-7-9-22-12-16-4-3-8-20-16/h3-6,8,10H,7,9,11-12H2,1-2H3,(H,18,19). The normalized spacial score (nSPS) is 10.5. The van der Waals surface area contributed by atoms with Gasteiger partial charge in [-0.2, -0.15) is 11.8 Å². The Morgan fingerprint density at radius 3 is 2.86 bits per heavy atom. The lowest BCUT2D eigenvalue weighted by atomic mass is 10.1. The first-order valence-electron chi connectivity index (χ1n) is 7.22. The SMILES string of the molecule is Cc1ccc(OCC(=O)NCCSCc2ccco2)cc1C. The van der Waals surface area contributed by atoms with Crippen LogP contribution in [0, 0.1) is 13.8 Å². The van der Waals surface area contributed by atoms with E-state index in [1.165, 1.54) is 5.56 Å². The molecule has 2 aromatic rings. The zero-order valence-corrected chi connectivity index (χ0v) is 13.7. The van der Waals surface area contributed by atoms with Crippen molar-refractivity contribution in [2.75, 3.05) is 18.9 Å². The molecule has 2 rings (SSSR count). The number of ether oxygens (including phenoxy) is 1. The molecule has 0 unspecified atom stereocenters. The molecule has 0 fully saturated rings. The van der Waals surface area contributed by atoms with E-state index < -0.39 is 0 Å². The summed E-state index contributed by atoms with van der Waals surface area (Å²) in [5.74, 6) is 3.25. The van der Waals surface area contributed by atoms with E-state index in [4.69, 9.17) is 9.15 Å². The molecule has 0 atom stereocenters. The minimum Gasteiger partial charge on any atom is -0.484 e. The van der Waals surface area contributed by atoms with Crippen molar-refractivity contribution in [3.8, 4) is 5.75 Å². The molecule has 0 aliphatic rings. The number of rotatable bonds is 8. The van der Waals surface area contributed by atoms with Gasteiger partial charge in [-0.3, -0.25) is 4.79 Å². The highest BCUT2D eigenvalue weighted by Crippen LogP contribution is 2.16. The van der Waals surface area contributed by atoms with E-state index in [0.29, 0.717) is 6.54 Å². The highest BCUT2D eigenvalue weighted by molar-refractivity contribution is 7.98. The van der Waals surface area contributed by atoms with Gasteiger partial charge in [-0.1, -0.05) is 6.07 Å². The van der Waals surface area contributed by atoms with Gasteiger partial charge in [-0.05, 0) is 49.2 Å². The molecule has 1 aromatic carbocycles. The number of aryl methyl sites for hydroxylation is 2. The Kier molecular flexibility index (Phi) is 6.40. The molecule has 0 aliphatic heterocycles. The summed E-state index contributed by atoms with van der Waals surface area (Å²) in [6, 6.07) is 9.65. The lowest BCUT2D eigenvalue weighted by Crippen LogP contribution is -2.30. The fourth-order valence-corrected chi connectivity index (χ4v) is 2.59. The zero-order valence-electron chi connectivity index (χ0n) is 12.9. The lowest BCUT2D eigenvalue weighted by molar-refractivity contribution is -0.122. The molecule has 0 spiro atoms. The Morgan fingerprint density at radius 2 is 2.14 bits per heavy atom. The summed E-state index contributed by atoms with van der Waals surface area (Å²) >= 11 is 1.72. The summed E-state index contributed by atoms with van der Waals surface area (Å²) < 4.78 is 10.7. The van der Waals surface area contributed by atoms with Crippen LogP contribution in [0.5, 0.6) is 5.75 Å². The molecule has 1 N–H and O–H groups in total. The van der Waals surface area contributed by atoms with Gasteiger partial charge in [-0.15, -0.1) is 0 Å². The average molecular weight is 319 g/mol. The smallest absolute Gasteiger partial charge is 0.257 e. The van der Waals surface area contributed by atoms with E-state index in [-0.39, 0.29) is 12.5 Å². The van der Waals surface area contributed by atoms with Crippen LogP contribution in [0.3, 0.4) is 0 Å². The molecule has 5 heteroatoms. The fourth-order valence-electron chi connectivity index (χ4n) is 1.83. The highest BCUT2D eigenvalue weighted by Gasteiger charge is 2.03. The minimum absolute atomic E-state index is 0.0470. The molecule has 1 aromatic heterocycles. The Balaban J connectivity index is 1.58. The molecule has 0 saturated heterocycles. The Hall–Kier alpha value is -1.88. The van der Waals surface area contributed by atoms with E-state index >= 15 is 0 Å². The van der Waals surface area contributed by atoms with Gasteiger partial charge in [0, 0.05) is 12.3 Å². The quantitative estimate of drug-likeness (QED) is 0.758. The third-order valence-electron chi connectivity index (χ3n) is 3.24. The topological polar surface area (TPSA) is 51.5 Å². The number of benzene rings is 1. The maximum Gasteiger partial charge on any atom is 0.257 e. The van der Waals surface area contributed by atoms with Crippen molar-refractivity contribution in [2.24, 2.45) is 0 Å². The molecule has 1 amide bonds. The summed E-state index contributed by atoms with van der Waals surface area (Å²) in [5.41, 5.74) is 2.37. The van der Waals surface area contributed by atoms with E-state index in [1.807, 2.05) is 44.2 Å². The number of hydrogen-bond donors (Lipinski definition) is 1. The molecule has 1 heterocycles. The second-order valence-corrected chi connectivity index (χ2v) is 6.12. The van der Waals surface area contributed by atoms with Crippen LogP contribution in [0.15, 0.2) is 41.0 Å². The second-order valence-electron chi connectivity index (χ2n) is 5.02. The molecular formula is C17H21NO3S. The van der Waals surface area contributed by atoms with Gasteiger partial charge < -0.3 is 14.5 Å². The third kappa shape index (κ3) is 5.48. The van der Waals surface area contributed by atoms with Crippen LogP contribution in [0.1, 0.15) is 16.9 Å². The zero-order chi connectivity index (χ0) is 15.8. The summed E-state index contributed by atoms with van der Waals surface area (Å²) in [6.45, 7) is 4.75. The van der Waals surface area contributed by atoms with Crippen molar-refractivity contribution >= 4 is 17.7 Å². The van der Waals surface area contributed by atoms with Crippen molar-refractivity contribution in [3.05, 3.63) is 53.5 Å². The Labute approximate surface area is 135 Å². The maximum absolute atomic E-state index is 11.7. The van der Waals surface area contributed by atoms with Crippen LogP contribution in [0.4, 0.5) is 0 Å². The molecule has 118 valence electrons. The number of carbonyl (C=O) groups is 1. The van der Waals surface area contributed by atoms with Crippen LogP contribution in [0.25, 0.3) is 0 Å². The third-order valence-corrected chi connectivity index (χ3v) is 4.22. The van der Waals surface area contributed by atoms with Gasteiger partial charge in [0.2, 0.25) is 0 Å². The molecule has 0 bridgehead atoms. The van der Waals surface area contributed by atoms with Crippen LogP contribution >= 0.6 is 11.8 Å². The van der Waals surface area contributed by atoms with Gasteiger partial charge in [-0.25, -0.2) is 0 Å². The predicted octanol–water partition coefficient (Wildman–Crippen LogP) is 3.32. The second kappa shape index (κ2) is 8.54. The van der Waals surface area contributed by atoms with Gasteiger partial charge in [0.05, 0.1) is 12.0 Å². The molecule has 0 aliphatic carbocycles. The first-order valence-corrected chi connectivity index (χ1v) is 8.37. The summed E-state index contributed by atoms with van der Waals surface area (Å²) in [6.07, 6.45) is 1.67. The van der Waals surface area contributed by atoms with Crippen LogP contribution in [-0.4, -0.2) is 24.8 Å². The van der Waals surface area contributed by atoms with Crippen molar-refractivity contribution < 1.29 is 13.9 Å². The predicted molar refractivity (Wildman–Crippen MR) is 89.3 cm³/mol. The number of hydrogen-bond acceptors (Lipinski definition) is 4. The van der Waals surface area contributed by atoms with Crippen molar-refractivity contribution in [2.45, 2.75) is 19.6 Å². The van der Waals surface area contributed by atoms with Gasteiger partial charge in [0.25, 0.3) is 5.91 Å². The minimum atomic E-state index is -0.100. The Morgan fingerprint density at radius 1 is 1.27 bits per heavy atom. The van der Waals surface area contributed by atoms with Gasteiger partial charge in [0.15, 0.2) is 6.61 Å². The summed E-state index contributed by atoms with van der Waals surface area (Å²) in [4.78, 5) is 11.7. The highest BCUT2D eigenvalue weighted by atomic mass is 32.2. The molecule has 0 saturated carbocycles. The maximum atomic E-state index is 11.7. The average Bonchev–Trinajstić information content (AvgIpc) is 3.01.